The Morgan fingerprint density at radius 2 is 2.36 bits per heavy atom. The number of nitrogens with one attached hydrogen (secondary N) is 1. The third-order valence-electron chi connectivity index (χ3n) is 1.98. The van der Waals surface area contributed by atoms with Gasteiger partial charge in [0.1, 0.15) is 0 Å². The van der Waals surface area contributed by atoms with Crippen molar-refractivity contribution in [2.45, 2.75) is 32.2 Å². The molecule has 1 N–H and O–H groups in total. The standard InChI is InChI=1S/C8H13F2N/c1-6-2-3-7(8(9)10)11-5-4-6/h4,7-8,11H,2-3,5H2,1H3. The topological polar surface area (TPSA) is 12.0 Å². The second-order valence-corrected chi connectivity index (χ2v) is 2.94. The maximum Gasteiger partial charge on any atom is 0.253 e. The number of hydrogen-bond donors (Lipinski definition) is 1. The minimum Gasteiger partial charge on any atom is -0.305 e. The molecule has 0 aliphatic carbocycles. The summed E-state index contributed by atoms with van der Waals surface area (Å²) in [7, 11) is 0. The van der Waals surface area contributed by atoms with E-state index in [0.717, 1.165) is 6.42 Å². The molecule has 1 nitrogen and oxygen atoms in total. The molecule has 0 saturated heterocycles. The number of rotatable bonds is 1. The van der Waals surface area contributed by atoms with Crippen LogP contribution in [0.25, 0.3) is 0 Å². The fourth-order valence-electron chi connectivity index (χ4n) is 1.19. The predicted molar refractivity (Wildman–Crippen MR) is 40.8 cm³/mol. The SMILES string of the molecule is CC1=CCNC(C(F)F)CC1. The first-order chi connectivity index (χ1) is 5.20. The molecule has 0 amide bonds. The van der Waals surface area contributed by atoms with Crippen LogP contribution in [0, 0.1) is 0 Å². The predicted octanol–water partition coefficient (Wildman–Crippen LogP) is 1.95. The zero-order chi connectivity index (χ0) is 8.27. The summed E-state index contributed by atoms with van der Waals surface area (Å²) in [4.78, 5) is 0. The van der Waals surface area contributed by atoms with Crippen molar-refractivity contribution in [2.75, 3.05) is 6.54 Å². The number of allylic oxidation sites excluding steroid dienone is 1. The van der Waals surface area contributed by atoms with E-state index in [-0.39, 0.29) is 0 Å². The molecule has 1 aliphatic rings. The molecule has 0 fully saturated rings. The molecular weight excluding hydrogens is 148 g/mol. The van der Waals surface area contributed by atoms with Crippen LogP contribution < -0.4 is 5.32 Å². The Labute approximate surface area is 65.5 Å². The fourth-order valence-corrected chi connectivity index (χ4v) is 1.19. The van der Waals surface area contributed by atoms with Gasteiger partial charge in [0.05, 0.1) is 6.04 Å². The average Bonchev–Trinajstić information content (AvgIpc) is 2.13. The van der Waals surface area contributed by atoms with Crippen LogP contribution in [0.4, 0.5) is 8.78 Å². The summed E-state index contributed by atoms with van der Waals surface area (Å²) in [5.74, 6) is 0. The molecule has 1 unspecified atom stereocenters. The summed E-state index contributed by atoms with van der Waals surface area (Å²) < 4.78 is 24.3. The van der Waals surface area contributed by atoms with E-state index in [1.54, 1.807) is 0 Å². The highest BCUT2D eigenvalue weighted by molar-refractivity contribution is 5.02. The van der Waals surface area contributed by atoms with E-state index in [9.17, 15) is 8.78 Å². The maximum atomic E-state index is 12.1. The van der Waals surface area contributed by atoms with Crippen molar-refractivity contribution >= 4 is 0 Å². The third-order valence-corrected chi connectivity index (χ3v) is 1.98. The largest absolute Gasteiger partial charge is 0.305 e. The first kappa shape index (κ1) is 8.65. The van der Waals surface area contributed by atoms with Crippen LogP contribution in [0.15, 0.2) is 11.6 Å². The highest BCUT2D eigenvalue weighted by Gasteiger charge is 2.20. The minimum absolute atomic E-state index is 0.556. The van der Waals surface area contributed by atoms with Gasteiger partial charge in [0.15, 0.2) is 0 Å². The van der Waals surface area contributed by atoms with Crippen LogP contribution in [-0.4, -0.2) is 19.0 Å². The molecule has 1 heterocycles. The summed E-state index contributed by atoms with van der Waals surface area (Å²) >= 11 is 0. The second-order valence-electron chi connectivity index (χ2n) is 2.94. The van der Waals surface area contributed by atoms with Gasteiger partial charge < -0.3 is 5.32 Å². The van der Waals surface area contributed by atoms with Gasteiger partial charge in [0, 0.05) is 6.54 Å². The second kappa shape index (κ2) is 3.81. The van der Waals surface area contributed by atoms with E-state index < -0.39 is 12.5 Å². The molecule has 0 saturated carbocycles. The van der Waals surface area contributed by atoms with Crippen LogP contribution >= 0.6 is 0 Å². The number of halogens is 2. The molecule has 11 heavy (non-hydrogen) atoms. The zero-order valence-electron chi connectivity index (χ0n) is 6.61. The molecule has 0 bridgehead atoms. The normalized spacial score (nSPS) is 26.5. The number of alkyl halides is 2. The Hall–Kier alpha value is -0.440. The molecule has 0 aromatic rings. The van der Waals surface area contributed by atoms with Crippen molar-refractivity contribution in [3.8, 4) is 0 Å². The molecule has 64 valence electrons. The van der Waals surface area contributed by atoms with Crippen molar-refractivity contribution < 1.29 is 8.78 Å². The van der Waals surface area contributed by atoms with E-state index in [4.69, 9.17) is 0 Å². The molecule has 1 rings (SSSR count). The van der Waals surface area contributed by atoms with Gasteiger partial charge in [-0.2, -0.15) is 0 Å². The van der Waals surface area contributed by atoms with Crippen molar-refractivity contribution in [2.24, 2.45) is 0 Å². The van der Waals surface area contributed by atoms with Crippen LogP contribution in [0.5, 0.6) is 0 Å². The monoisotopic (exact) mass is 161 g/mol. The summed E-state index contributed by atoms with van der Waals surface area (Å²) in [6.45, 7) is 2.57. The van der Waals surface area contributed by atoms with Gasteiger partial charge in [-0.05, 0) is 19.8 Å². The van der Waals surface area contributed by atoms with Crippen LogP contribution in [0.1, 0.15) is 19.8 Å². The van der Waals surface area contributed by atoms with E-state index in [2.05, 4.69) is 5.32 Å². The van der Waals surface area contributed by atoms with Gasteiger partial charge in [-0.3, -0.25) is 0 Å². The van der Waals surface area contributed by atoms with Gasteiger partial charge in [-0.15, -0.1) is 0 Å². The lowest BCUT2D eigenvalue weighted by molar-refractivity contribution is 0.0971. The molecule has 3 heteroatoms. The van der Waals surface area contributed by atoms with Crippen molar-refractivity contribution in [1.29, 1.82) is 0 Å². The Balaban J connectivity index is 2.41. The molecule has 1 aliphatic heterocycles. The molecule has 0 radical (unpaired) electrons. The Bertz CT molecular complexity index is 154. The smallest absolute Gasteiger partial charge is 0.253 e. The van der Waals surface area contributed by atoms with Gasteiger partial charge in [0.2, 0.25) is 0 Å². The van der Waals surface area contributed by atoms with Crippen molar-refractivity contribution in [3.63, 3.8) is 0 Å². The highest BCUT2D eigenvalue weighted by atomic mass is 19.3. The summed E-state index contributed by atoms with van der Waals surface area (Å²) in [5.41, 5.74) is 1.21. The molecular formula is C8H13F2N. The maximum absolute atomic E-state index is 12.1. The lowest BCUT2D eigenvalue weighted by atomic mass is 10.1. The van der Waals surface area contributed by atoms with Crippen LogP contribution in [-0.2, 0) is 0 Å². The molecule has 0 aromatic carbocycles. The highest BCUT2D eigenvalue weighted by Crippen LogP contribution is 2.14. The van der Waals surface area contributed by atoms with E-state index in [1.165, 1.54) is 5.57 Å². The van der Waals surface area contributed by atoms with Gasteiger partial charge in [0.25, 0.3) is 6.43 Å². The Morgan fingerprint density at radius 1 is 1.64 bits per heavy atom. The summed E-state index contributed by atoms with van der Waals surface area (Å²) in [6.07, 6.45) is 1.10. The zero-order valence-corrected chi connectivity index (χ0v) is 6.61. The van der Waals surface area contributed by atoms with Crippen molar-refractivity contribution in [1.82, 2.24) is 5.32 Å². The van der Waals surface area contributed by atoms with Crippen LogP contribution in [0.2, 0.25) is 0 Å². The first-order valence-corrected chi connectivity index (χ1v) is 3.87. The van der Waals surface area contributed by atoms with Crippen molar-refractivity contribution in [3.05, 3.63) is 11.6 Å². The Kier molecular flexibility index (Phi) is 3.00. The first-order valence-electron chi connectivity index (χ1n) is 3.87. The fraction of sp³-hybridized carbons (Fsp3) is 0.750. The quantitative estimate of drug-likeness (QED) is 0.579. The van der Waals surface area contributed by atoms with E-state index >= 15 is 0 Å². The summed E-state index contributed by atoms with van der Waals surface area (Å²) in [6, 6.07) is -0.608. The lowest BCUT2D eigenvalue weighted by Crippen LogP contribution is -2.34. The van der Waals surface area contributed by atoms with Gasteiger partial charge in [-0.25, -0.2) is 8.78 Å². The minimum atomic E-state index is -2.23. The number of hydrogen-bond acceptors (Lipinski definition) is 1. The molecule has 0 aromatic heterocycles. The third kappa shape index (κ3) is 2.58. The molecule has 1 atom stereocenters. The van der Waals surface area contributed by atoms with Gasteiger partial charge >= 0.3 is 0 Å². The Morgan fingerprint density at radius 3 is 3.00 bits per heavy atom. The van der Waals surface area contributed by atoms with Gasteiger partial charge in [-0.1, -0.05) is 11.6 Å². The van der Waals surface area contributed by atoms with Crippen LogP contribution in [0.3, 0.4) is 0 Å². The van der Waals surface area contributed by atoms with E-state index in [0.29, 0.717) is 13.0 Å². The average molecular weight is 161 g/mol. The summed E-state index contributed by atoms with van der Waals surface area (Å²) in [5, 5.41) is 2.79. The van der Waals surface area contributed by atoms with E-state index in [1.807, 2.05) is 13.0 Å². The molecule has 0 spiro atoms. The lowest BCUT2D eigenvalue weighted by Gasteiger charge is -2.13.